The fourth-order valence-electron chi connectivity index (χ4n) is 2.35. The van der Waals surface area contributed by atoms with Crippen LogP contribution in [0.3, 0.4) is 0 Å². The molecule has 0 saturated heterocycles. The lowest BCUT2D eigenvalue weighted by Gasteiger charge is -2.30. The molecule has 2 rings (SSSR count). The third kappa shape index (κ3) is 2.89. The third-order valence-corrected chi connectivity index (χ3v) is 4.21. The van der Waals surface area contributed by atoms with Crippen LogP contribution in [0.4, 0.5) is 11.6 Å². The van der Waals surface area contributed by atoms with Crippen LogP contribution < -0.4 is 10.6 Å². The second-order valence-corrected chi connectivity index (χ2v) is 5.44. The molecule has 0 amide bonds. The summed E-state index contributed by atoms with van der Waals surface area (Å²) in [6.45, 7) is 2.31. The number of anilines is 2. The Balaban J connectivity index is 2.12. The minimum atomic E-state index is 0.527. The van der Waals surface area contributed by atoms with E-state index in [1.807, 2.05) is 7.05 Å². The van der Waals surface area contributed by atoms with Crippen LogP contribution in [-0.2, 0) is 0 Å². The molecule has 1 aliphatic rings. The number of hydrogen-bond donors (Lipinski definition) is 2. The Morgan fingerprint density at radius 3 is 2.65 bits per heavy atom. The van der Waals surface area contributed by atoms with Crippen molar-refractivity contribution in [2.75, 3.05) is 17.7 Å². The number of rotatable bonds is 3. The van der Waals surface area contributed by atoms with Crippen LogP contribution >= 0.6 is 15.9 Å². The Kier molecular flexibility index (Phi) is 4.20. The van der Waals surface area contributed by atoms with Crippen LogP contribution in [0.2, 0.25) is 0 Å². The van der Waals surface area contributed by atoms with E-state index in [-0.39, 0.29) is 0 Å². The highest BCUT2D eigenvalue weighted by molar-refractivity contribution is 9.10. The lowest BCUT2D eigenvalue weighted by molar-refractivity contribution is 0.349. The van der Waals surface area contributed by atoms with Crippen molar-refractivity contribution in [3.05, 3.63) is 10.8 Å². The number of aromatic nitrogens is 2. The van der Waals surface area contributed by atoms with Crippen molar-refractivity contribution in [3.63, 3.8) is 0 Å². The highest BCUT2D eigenvalue weighted by Gasteiger charge is 2.22. The maximum Gasteiger partial charge on any atom is 0.146 e. The molecule has 2 atom stereocenters. The van der Waals surface area contributed by atoms with E-state index >= 15 is 0 Å². The number of nitrogens with one attached hydrogen (secondary N) is 2. The van der Waals surface area contributed by atoms with Crippen LogP contribution in [0.25, 0.3) is 0 Å². The van der Waals surface area contributed by atoms with Gasteiger partial charge >= 0.3 is 0 Å². The average molecular weight is 299 g/mol. The van der Waals surface area contributed by atoms with Crippen molar-refractivity contribution < 1.29 is 0 Å². The van der Waals surface area contributed by atoms with E-state index < -0.39 is 0 Å². The summed E-state index contributed by atoms with van der Waals surface area (Å²) >= 11 is 3.54. The molecule has 17 heavy (non-hydrogen) atoms. The highest BCUT2D eigenvalue weighted by Crippen LogP contribution is 2.31. The molecule has 2 N–H and O–H groups in total. The number of nitrogens with zero attached hydrogens (tertiary/aromatic N) is 2. The van der Waals surface area contributed by atoms with E-state index in [1.54, 1.807) is 6.33 Å². The van der Waals surface area contributed by atoms with Gasteiger partial charge in [-0.15, -0.1) is 0 Å². The summed E-state index contributed by atoms with van der Waals surface area (Å²) in [5.41, 5.74) is 0. The molecule has 1 fully saturated rings. The minimum absolute atomic E-state index is 0.527. The smallest absolute Gasteiger partial charge is 0.146 e. The van der Waals surface area contributed by atoms with Gasteiger partial charge in [0.25, 0.3) is 0 Å². The third-order valence-electron chi connectivity index (χ3n) is 3.46. The SMILES string of the molecule is CNc1ncnc(NC2CCCCC2C)c1Br. The topological polar surface area (TPSA) is 49.8 Å². The summed E-state index contributed by atoms with van der Waals surface area (Å²) < 4.78 is 0.917. The van der Waals surface area contributed by atoms with E-state index in [0.29, 0.717) is 12.0 Å². The van der Waals surface area contributed by atoms with Crippen LogP contribution in [-0.4, -0.2) is 23.1 Å². The van der Waals surface area contributed by atoms with Crippen molar-refractivity contribution in [2.45, 2.75) is 38.6 Å². The van der Waals surface area contributed by atoms with Gasteiger partial charge in [-0.25, -0.2) is 9.97 Å². The summed E-state index contributed by atoms with van der Waals surface area (Å²) in [4.78, 5) is 8.47. The molecule has 0 aromatic carbocycles. The Bertz CT molecular complexity index is 383. The first kappa shape index (κ1) is 12.6. The maximum absolute atomic E-state index is 4.31. The summed E-state index contributed by atoms with van der Waals surface area (Å²) in [5, 5.41) is 6.58. The zero-order valence-corrected chi connectivity index (χ0v) is 11.9. The molecule has 0 bridgehead atoms. The molecule has 1 aromatic rings. The first-order chi connectivity index (χ1) is 8.22. The first-order valence-electron chi connectivity index (χ1n) is 6.17. The largest absolute Gasteiger partial charge is 0.372 e. The van der Waals surface area contributed by atoms with Crippen molar-refractivity contribution in [1.82, 2.24) is 9.97 Å². The van der Waals surface area contributed by atoms with Crippen molar-refractivity contribution in [1.29, 1.82) is 0 Å². The van der Waals surface area contributed by atoms with E-state index in [2.05, 4.69) is 43.5 Å². The second-order valence-electron chi connectivity index (χ2n) is 4.65. The number of halogens is 1. The van der Waals surface area contributed by atoms with Crippen LogP contribution in [0.1, 0.15) is 32.6 Å². The van der Waals surface area contributed by atoms with Gasteiger partial charge in [0.1, 0.15) is 22.4 Å². The summed E-state index contributed by atoms with van der Waals surface area (Å²) in [5.74, 6) is 2.43. The van der Waals surface area contributed by atoms with Gasteiger partial charge in [-0.1, -0.05) is 19.8 Å². The summed E-state index contributed by atoms with van der Waals surface area (Å²) in [7, 11) is 1.86. The Labute approximate surface area is 111 Å². The van der Waals surface area contributed by atoms with Crippen LogP contribution in [0, 0.1) is 5.92 Å². The maximum atomic E-state index is 4.31. The average Bonchev–Trinajstić information content (AvgIpc) is 2.34. The predicted octanol–water partition coefficient (Wildman–Crippen LogP) is 3.27. The van der Waals surface area contributed by atoms with Crippen LogP contribution in [0.15, 0.2) is 10.8 Å². The highest BCUT2D eigenvalue weighted by atomic mass is 79.9. The van der Waals surface area contributed by atoms with Crippen LogP contribution in [0.5, 0.6) is 0 Å². The molecule has 4 nitrogen and oxygen atoms in total. The van der Waals surface area contributed by atoms with E-state index in [9.17, 15) is 0 Å². The molecule has 1 aromatic heterocycles. The summed E-state index contributed by atoms with van der Waals surface area (Å²) in [6, 6.07) is 0.527. The lowest BCUT2D eigenvalue weighted by Crippen LogP contribution is -2.30. The van der Waals surface area contributed by atoms with Gasteiger partial charge < -0.3 is 10.6 Å². The van der Waals surface area contributed by atoms with Gasteiger partial charge in [0, 0.05) is 13.1 Å². The molecule has 0 aliphatic heterocycles. The zero-order chi connectivity index (χ0) is 12.3. The Morgan fingerprint density at radius 1 is 1.24 bits per heavy atom. The van der Waals surface area contributed by atoms with Crippen molar-refractivity contribution in [3.8, 4) is 0 Å². The molecule has 5 heteroatoms. The molecular weight excluding hydrogens is 280 g/mol. The molecule has 0 spiro atoms. The van der Waals surface area contributed by atoms with Gasteiger partial charge in [-0.05, 0) is 34.7 Å². The summed E-state index contributed by atoms with van der Waals surface area (Å²) in [6.07, 6.45) is 6.79. The normalized spacial score (nSPS) is 24.4. The lowest BCUT2D eigenvalue weighted by atomic mass is 9.86. The molecule has 94 valence electrons. The van der Waals surface area contributed by atoms with Gasteiger partial charge in [0.15, 0.2) is 0 Å². The Hall–Kier alpha value is -0.840. The molecule has 1 heterocycles. The molecule has 1 aliphatic carbocycles. The van der Waals surface area contributed by atoms with Gasteiger partial charge in [0.05, 0.1) is 0 Å². The monoisotopic (exact) mass is 298 g/mol. The Morgan fingerprint density at radius 2 is 1.94 bits per heavy atom. The van der Waals surface area contributed by atoms with Crippen molar-refractivity contribution in [2.24, 2.45) is 5.92 Å². The number of hydrogen-bond acceptors (Lipinski definition) is 4. The van der Waals surface area contributed by atoms with E-state index in [1.165, 1.54) is 25.7 Å². The first-order valence-corrected chi connectivity index (χ1v) is 6.96. The molecule has 0 radical (unpaired) electrons. The standard InChI is InChI=1S/C12H19BrN4/c1-8-5-3-4-6-9(8)17-12-10(13)11(14-2)15-7-16-12/h7-9H,3-6H2,1-2H3,(H2,14,15,16,17). The fourth-order valence-corrected chi connectivity index (χ4v) is 2.87. The minimum Gasteiger partial charge on any atom is -0.372 e. The van der Waals surface area contributed by atoms with E-state index in [4.69, 9.17) is 0 Å². The zero-order valence-electron chi connectivity index (χ0n) is 10.3. The molecular formula is C12H19BrN4. The van der Waals surface area contributed by atoms with Crippen molar-refractivity contribution >= 4 is 27.6 Å². The fraction of sp³-hybridized carbons (Fsp3) is 0.667. The van der Waals surface area contributed by atoms with Gasteiger partial charge in [-0.3, -0.25) is 0 Å². The van der Waals surface area contributed by atoms with Gasteiger partial charge in [0.2, 0.25) is 0 Å². The molecule has 2 unspecified atom stereocenters. The molecule has 1 saturated carbocycles. The predicted molar refractivity (Wildman–Crippen MR) is 74.3 cm³/mol. The van der Waals surface area contributed by atoms with Gasteiger partial charge in [-0.2, -0.15) is 0 Å². The quantitative estimate of drug-likeness (QED) is 0.899. The second kappa shape index (κ2) is 5.67. The van der Waals surface area contributed by atoms with E-state index in [0.717, 1.165) is 16.1 Å².